The van der Waals surface area contributed by atoms with Crippen LogP contribution in [0.4, 0.5) is 4.79 Å². The third-order valence-corrected chi connectivity index (χ3v) is 4.11. The fraction of sp³-hybridized carbons (Fsp3) is 0.727. The van der Waals surface area contributed by atoms with Crippen molar-refractivity contribution in [2.24, 2.45) is 0 Å². The van der Waals surface area contributed by atoms with Gasteiger partial charge in [0.25, 0.3) is 0 Å². The van der Waals surface area contributed by atoms with Crippen molar-refractivity contribution in [2.75, 3.05) is 46.5 Å². The van der Waals surface area contributed by atoms with Gasteiger partial charge < -0.3 is 14.4 Å². The highest BCUT2D eigenvalue weighted by Gasteiger charge is 2.38. The quantitative estimate of drug-likeness (QED) is 0.436. The van der Waals surface area contributed by atoms with Crippen LogP contribution in [-0.2, 0) is 24.6 Å². The predicted molar refractivity (Wildman–Crippen MR) is 72.2 cm³/mol. The molecule has 10 heteroatoms. The van der Waals surface area contributed by atoms with E-state index in [9.17, 15) is 18.0 Å². The first-order chi connectivity index (χ1) is 10.1. The molecule has 9 nitrogen and oxygen atoms in total. The van der Waals surface area contributed by atoms with Crippen molar-refractivity contribution in [3.8, 4) is 0 Å². The number of nitrogens with one attached hydrogen (secondary N) is 1. The van der Waals surface area contributed by atoms with Crippen LogP contribution in [0.5, 0.6) is 0 Å². The lowest BCUT2D eigenvalue weighted by atomic mass is 10.2. The van der Waals surface area contributed by atoms with Gasteiger partial charge in [-0.2, -0.15) is 8.42 Å². The molecule has 0 saturated carbocycles. The summed E-state index contributed by atoms with van der Waals surface area (Å²) < 4.78 is 32.7. The van der Waals surface area contributed by atoms with E-state index in [0.29, 0.717) is 32.8 Å². The largest absolute Gasteiger partial charge is 0.468 e. The van der Waals surface area contributed by atoms with Gasteiger partial charge in [-0.05, 0) is 0 Å². The number of piperazine rings is 1. The average molecular weight is 319 g/mol. The zero-order valence-corrected chi connectivity index (χ0v) is 12.4. The van der Waals surface area contributed by atoms with Gasteiger partial charge in [0.1, 0.15) is 0 Å². The number of nitrogens with zero attached hydrogens (tertiary/aromatic N) is 2. The van der Waals surface area contributed by atoms with Gasteiger partial charge >= 0.3 is 12.0 Å². The number of rotatable bonds is 1. The summed E-state index contributed by atoms with van der Waals surface area (Å²) in [6, 6.07) is -1.60. The molecule has 21 heavy (non-hydrogen) atoms. The molecule has 0 aromatic heterocycles. The van der Waals surface area contributed by atoms with Crippen LogP contribution in [-0.4, -0.2) is 87.8 Å². The van der Waals surface area contributed by atoms with Crippen molar-refractivity contribution in [2.45, 2.75) is 6.04 Å². The Kier molecular flexibility index (Phi) is 5.15. The lowest BCUT2D eigenvalue weighted by Crippen LogP contribution is -2.63. The van der Waals surface area contributed by atoms with Crippen LogP contribution in [0.1, 0.15) is 0 Å². The Balaban J connectivity index is 2.26. The molecule has 2 amide bonds. The molecule has 0 spiro atoms. The summed E-state index contributed by atoms with van der Waals surface area (Å²) in [5, 5.41) is 2.75. The second-order valence-electron chi connectivity index (χ2n) is 4.52. The average Bonchev–Trinajstić information content (AvgIpc) is 2.53. The second-order valence-corrected chi connectivity index (χ2v) is 5.40. The number of carbonyl (C=O) groups excluding carboxylic acids is 2. The Morgan fingerprint density at radius 3 is 2.52 bits per heavy atom. The van der Waals surface area contributed by atoms with E-state index in [1.807, 2.05) is 0 Å². The molecule has 1 N–H and O–H groups in total. The molecule has 2 saturated heterocycles. The molecule has 0 aromatic carbocycles. The number of amides is 2. The topological polar surface area (TPSA) is 105 Å². The zero-order chi connectivity index (χ0) is 15.4. The SMILES string of the molecule is COC(=O)[C@H]1NCCN(C(=O)N2CCOCC2)C1=S(=O)=O. The highest BCUT2D eigenvalue weighted by atomic mass is 32.2. The Morgan fingerprint density at radius 1 is 1.29 bits per heavy atom. The molecule has 118 valence electrons. The third-order valence-electron chi connectivity index (χ3n) is 3.32. The molecule has 2 aliphatic heterocycles. The lowest BCUT2D eigenvalue weighted by molar-refractivity contribution is -0.141. The van der Waals surface area contributed by atoms with E-state index in [-0.39, 0.29) is 11.5 Å². The molecular weight excluding hydrogens is 302 g/mol. The number of ether oxygens (including phenoxy) is 2. The number of hydrogen-bond acceptors (Lipinski definition) is 7. The molecule has 0 bridgehead atoms. The van der Waals surface area contributed by atoms with Crippen LogP contribution < -0.4 is 5.32 Å². The van der Waals surface area contributed by atoms with E-state index >= 15 is 0 Å². The monoisotopic (exact) mass is 319 g/mol. The van der Waals surface area contributed by atoms with Gasteiger partial charge in [0.05, 0.1) is 20.3 Å². The van der Waals surface area contributed by atoms with Gasteiger partial charge in [0, 0.05) is 26.2 Å². The molecule has 1 atom stereocenters. The minimum atomic E-state index is -2.71. The molecule has 2 heterocycles. The summed E-state index contributed by atoms with van der Waals surface area (Å²) in [4.78, 5) is 26.4. The number of morpholine rings is 1. The van der Waals surface area contributed by atoms with Crippen molar-refractivity contribution in [1.82, 2.24) is 15.1 Å². The predicted octanol–water partition coefficient (Wildman–Crippen LogP) is -2.11. The summed E-state index contributed by atoms with van der Waals surface area (Å²) >= 11 is 0. The van der Waals surface area contributed by atoms with Crippen molar-refractivity contribution >= 4 is 27.3 Å². The van der Waals surface area contributed by atoms with Crippen LogP contribution in [0.15, 0.2) is 0 Å². The second kappa shape index (κ2) is 6.87. The summed E-state index contributed by atoms with van der Waals surface area (Å²) in [5.74, 6) is -0.742. The van der Waals surface area contributed by atoms with Crippen molar-refractivity contribution in [3.63, 3.8) is 0 Å². The van der Waals surface area contributed by atoms with Gasteiger partial charge in [0.2, 0.25) is 10.3 Å². The molecule has 2 fully saturated rings. The van der Waals surface area contributed by atoms with Crippen LogP contribution >= 0.6 is 0 Å². The fourth-order valence-electron chi connectivity index (χ4n) is 2.28. The van der Waals surface area contributed by atoms with Crippen molar-refractivity contribution in [3.05, 3.63) is 0 Å². The maximum atomic E-state index is 12.4. The molecule has 0 unspecified atom stereocenters. The maximum absolute atomic E-state index is 12.4. The van der Waals surface area contributed by atoms with Crippen LogP contribution in [0.2, 0.25) is 0 Å². The van der Waals surface area contributed by atoms with Crippen molar-refractivity contribution in [1.29, 1.82) is 0 Å². The first-order valence-corrected chi connectivity index (χ1v) is 7.55. The number of carbonyl (C=O) groups is 2. The summed E-state index contributed by atoms with van der Waals surface area (Å²) in [6.07, 6.45) is 0. The first-order valence-electron chi connectivity index (χ1n) is 6.47. The fourth-order valence-corrected chi connectivity index (χ4v) is 3.00. The van der Waals surface area contributed by atoms with Gasteiger partial charge in [-0.25, -0.2) is 9.59 Å². The maximum Gasteiger partial charge on any atom is 0.330 e. The summed E-state index contributed by atoms with van der Waals surface area (Å²) in [6.45, 7) is 2.08. The van der Waals surface area contributed by atoms with E-state index in [2.05, 4.69) is 10.1 Å². The highest BCUT2D eigenvalue weighted by Crippen LogP contribution is 2.10. The lowest BCUT2D eigenvalue weighted by Gasteiger charge is -2.37. The van der Waals surface area contributed by atoms with E-state index in [1.165, 1.54) is 4.90 Å². The summed E-state index contributed by atoms with van der Waals surface area (Å²) in [5.41, 5.74) is 0. The molecule has 0 aliphatic carbocycles. The Bertz CT molecular complexity index is 546. The number of methoxy groups -OCH3 is 1. The van der Waals surface area contributed by atoms with Crippen LogP contribution in [0.3, 0.4) is 0 Å². The van der Waals surface area contributed by atoms with E-state index < -0.39 is 28.3 Å². The third kappa shape index (κ3) is 3.34. The minimum absolute atomic E-state index is 0.174. The van der Waals surface area contributed by atoms with E-state index in [0.717, 1.165) is 12.0 Å². The zero-order valence-electron chi connectivity index (χ0n) is 11.6. The number of esters is 1. The normalized spacial score (nSPS) is 22.9. The summed E-state index contributed by atoms with van der Waals surface area (Å²) in [7, 11) is -1.54. The van der Waals surface area contributed by atoms with E-state index in [4.69, 9.17) is 4.74 Å². The van der Waals surface area contributed by atoms with E-state index in [1.54, 1.807) is 0 Å². The standard InChI is InChI=1S/C11H17N3O6S/c1-19-10(15)8-9(21(17)18)14(3-2-12-8)11(16)13-4-6-20-7-5-13/h8,12H,2-7H2,1H3/t8-/m0/s1. The molecule has 2 rings (SSSR count). The van der Waals surface area contributed by atoms with Gasteiger partial charge in [-0.3, -0.25) is 10.2 Å². The molecule has 2 aliphatic rings. The highest BCUT2D eigenvalue weighted by molar-refractivity contribution is 7.73. The number of urea groups is 1. The molecule has 0 aromatic rings. The number of hydrogen-bond donors (Lipinski definition) is 1. The Morgan fingerprint density at radius 2 is 1.95 bits per heavy atom. The van der Waals surface area contributed by atoms with Crippen LogP contribution in [0.25, 0.3) is 0 Å². The van der Waals surface area contributed by atoms with Gasteiger partial charge in [-0.15, -0.1) is 0 Å². The van der Waals surface area contributed by atoms with Crippen molar-refractivity contribution < 1.29 is 27.5 Å². The first kappa shape index (κ1) is 15.7. The Labute approximate surface area is 123 Å². The molecular formula is C11H17N3O6S. The minimum Gasteiger partial charge on any atom is -0.468 e. The van der Waals surface area contributed by atoms with Gasteiger partial charge in [0.15, 0.2) is 11.0 Å². The molecule has 0 radical (unpaired) electrons. The van der Waals surface area contributed by atoms with Gasteiger partial charge in [-0.1, -0.05) is 0 Å². The Hall–Kier alpha value is -1.65. The smallest absolute Gasteiger partial charge is 0.330 e. The van der Waals surface area contributed by atoms with Crippen LogP contribution in [0, 0.1) is 0 Å².